The van der Waals surface area contributed by atoms with Gasteiger partial charge in [-0.25, -0.2) is 4.99 Å². The molecule has 6 heteroatoms. The topological polar surface area (TPSA) is 48.9 Å². The smallest absolute Gasteiger partial charge is 0.191 e. The number of hydrogen-bond acceptors (Lipinski definition) is 3. The third kappa shape index (κ3) is 10.7. The lowest BCUT2D eigenvalue weighted by Crippen LogP contribution is -2.40. The van der Waals surface area contributed by atoms with Gasteiger partial charge >= 0.3 is 0 Å². The summed E-state index contributed by atoms with van der Waals surface area (Å²) >= 11 is 0. The minimum absolute atomic E-state index is 0. The Kier molecular flexibility index (Phi) is 12.7. The van der Waals surface area contributed by atoms with Gasteiger partial charge in [-0.2, -0.15) is 0 Å². The fourth-order valence-corrected chi connectivity index (χ4v) is 2.03. The van der Waals surface area contributed by atoms with Gasteiger partial charge in [-0.15, -0.1) is 24.0 Å². The summed E-state index contributed by atoms with van der Waals surface area (Å²) in [6.45, 7) is 9.59. The molecule has 0 bridgehead atoms. The maximum absolute atomic E-state index is 5.74. The SMILES string of the molecule is CCNC(=NCc1ccc(OCCCN(C)C)cc1)NC(C)C.I. The van der Waals surface area contributed by atoms with E-state index in [0.717, 1.165) is 37.8 Å². The zero-order valence-electron chi connectivity index (χ0n) is 15.6. The van der Waals surface area contributed by atoms with Crippen LogP contribution in [0, 0.1) is 0 Å². The number of halogens is 1. The Labute approximate surface area is 164 Å². The standard InChI is InChI=1S/C18H32N4O.HI/c1-6-19-18(21-15(2)3)20-14-16-8-10-17(11-9-16)23-13-7-12-22(4)5;/h8-11,15H,6-7,12-14H2,1-5H3,(H2,19,20,21);1H. The van der Waals surface area contributed by atoms with E-state index >= 15 is 0 Å². The van der Waals surface area contributed by atoms with Gasteiger partial charge in [0.05, 0.1) is 13.2 Å². The van der Waals surface area contributed by atoms with Crippen LogP contribution in [0.2, 0.25) is 0 Å². The van der Waals surface area contributed by atoms with Crippen molar-refractivity contribution < 1.29 is 4.74 Å². The summed E-state index contributed by atoms with van der Waals surface area (Å²) in [7, 11) is 4.15. The maximum Gasteiger partial charge on any atom is 0.191 e. The third-order valence-corrected chi connectivity index (χ3v) is 3.13. The largest absolute Gasteiger partial charge is 0.494 e. The van der Waals surface area contributed by atoms with E-state index in [4.69, 9.17) is 4.74 Å². The number of hydrogen-bond donors (Lipinski definition) is 2. The molecule has 0 saturated carbocycles. The molecular weight excluding hydrogens is 415 g/mol. The molecule has 1 aromatic rings. The number of aliphatic imine (C=N–C) groups is 1. The van der Waals surface area contributed by atoms with Crippen molar-refractivity contribution in [3.8, 4) is 5.75 Å². The number of nitrogens with one attached hydrogen (secondary N) is 2. The lowest BCUT2D eigenvalue weighted by Gasteiger charge is -2.14. The van der Waals surface area contributed by atoms with Gasteiger partial charge in [-0.3, -0.25) is 0 Å². The molecule has 0 fully saturated rings. The zero-order valence-corrected chi connectivity index (χ0v) is 18.0. The second-order valence-corrected chi connectivity index (χ2v) is 6.14. The summed E-state index contributed by atoms with van der Waals surface area (Å²) in [5.41, 5.74) is 1.17. The molecule has 0 spiro atoms. The van der Waals surface area contributed by atoms with Crippen molar-refractivity contribution in [1.29, 1.82) is 0 Å². The third-order valence-electron chi connectivity index (χ3n) is 3.13. The van der Waals surface area contributed by atoms with Crippen LogP contribution < -0.4 is 15.4 Å². The first-order valence-corrected chi connectivity index (χ1v) is 8.42. The Balaban J connectivity index is 0.00000529. The summed E-state index contributed by atoms with van der Waals surface area (Å²) in [6.07, 6.45) is 1.03. The molecule has 0 saturated heterocycles. The predicted octanol–water partition coefficient (Wildman–Crippen LogP) is 3.10. The van der Waals surface area contributed by atoms with Crippen molar-refractivity contribution in [3.63, 3.8) is 0 Å². The van der Waals surface area contributed by atoms with E-state index in [1.54, 1.807) is 0 Å². The molecule has 0 aliphatic carbocycles. The Morgan fingerprint density at radius 1 is 1.21 bits per heavy atom. The summed E-state index contributed by atoms with van der Waals surface area (Å²) in [6, 6.07) is 8.55. The number of rotatable bonds is 9. The molecule has 0 atom stereocenters. The van der Waals surface area contributed by atoms with E-state index in [0.29, 0.717) is 12.6 Å². The summed E-state index contributed by atoms with van der Waals surface area (Å²) in [5, 5.41) is 6.57. The van der Waals surface area contributed by atoms with Crippen LogP contribution in [-0.4, -0.2) is 50.7 Å². The normalized spacial score (nSPS) is 11.4. The average molecular weight is 448 g/mol. The monoisotopic (exact) mass is 448 g/mol. The van der Waals surface area contributed by atoms with E-state index in [9.17, 15) is 0 Å². The summed E-state index contributed by atoms with van der Waals surface area (Å²) in [4.78, 5) is 6.76. The minimum atomic E-state index is 0. The Morgan fingerprint density at radius 3 is 2.42 bits per heavy atom. The van der Waals surface area contributed by atoms with Crippen LogP contribution >= 0.6 is 24.0 Å². The maximum atomic E-state index is 5.74. The molecule has 0 unspecified atom stereocenters. The molecule has 138 valence electrons. The first kappa shape index (κ1) is 23.0. The fourth-order valence-electron chi connectivity index (χ4n) is 2.03. The van der Waals surface area contributed by atoms with Crippen LogP contribution in [0.5, 0.6) is 5.75 Å². The second-order valence-electron chi connectivity index (χ2n) is 6.14. The molecule has 0 aromatic heterocycles. The zero-order chi connectivity index (χ0) is 17.1. The van der Waals surface area contributed by atoms with Gasteiger partial charge in [0.1, 0.15) is 5.75 Å². The fraction of sp³-hybridized carbons (Fsp3) is 0.611. The lowest BCUT2D eigenvalue weighted by atomic mass is 10.2. The molecule has 0 aliphatic rings. The van der Waals surface area contributed by atoms with Gasteiger partial charge in [0.25, 0.3) is 0 Å². The molecule has 0 amide bonds. The molecule has 0 heterocycles. The van der Waals surface area contributed by atoms with Crippen LogP contribution in [0.1, 0.15) is 32.8 Å². The Bertz CT molecular complexity index is 461. The van der Waals surface area contributed by atoms with Crippen LogP contribution in [0.15, 0.2) is 29.3 Å². The van der Waals surface area contributed by atoms with Crippen LogP contribution in [0.4, 0.5) is 0 Å². The van der Waals surface area contributed by atoms with Crippen LogP contribution in [-0.2, 0) is 6.54 Å². The van der Waals surface area contributed by atoms with Gasteiger partial charge in [0, 0.05) is 19.1 Å². The second kappa shape index (κ2) is 13.3. The van der Waals surface area contributed by atoms with Crippen LogP contribution in [0.3, 0.4) is 0 Å². The quantitative estimate of drug-likeness (QED) is 0.264. The average Bonchev–Trinajstić information content (AvgIpc) is 2.50. The van der Waals surface area contributed by atoms with E-state index in [-0.39, 0.29) is 24.0 Å². The van der Waals surface area contributed by atoms with Crippen molar-refractivity contribution >= 4 is 29.9 Å². The van der Waals surface area contributed by atoms with E-state index < -0.39 is 0 Å². The highest BCUT2D eigenvalue weighted by Gasteiger charge is 2.00. The molecule has 5 nitrogen and oxygen atoms in total. The molecule has 0 radical (unpaired) electrons. The highest BCUT2D eigenvalue weighted by molar-refractivity contribution is 14.0. The number of nitrogens with zero attached hydrogens (tertiary/aromatic N) is 2. The molecule has 2 N–H and O–H groups in total. The highest BCUT2D eigenvalue weighted by Crippen LogP contribution is 2.13. The van der Waals surface area contributed by atoms with Crippen LogP contribution in [0.25, 0.3) is 0 Å². The van der Waals surface area contributed by atoms with Gasteiger partial charge in [-0.05, 0) is 59.0 Å². The van der Waals surface area contributed by atoms with Gasteiger partial charge < -0.3 is 20.3 Å². The highest BCUT2D eigenvalue weighted by atomic mass is 127. The molecule has 24 heavy (non-hydrogen) atoms. The Morgan fingerprint density at radius 2 is 1.88 bits per heavy atom. The number of guanidine groups is 1. The molecule has 1 rings (SSSR count). The molecule has 0 aliphatic heterocycles. The predicted molar refractivity (Wildman–Crippen MR) is 114 cm³/mol. The van der Waals surface area contributed by atoms with Crippen molar-refractivity contribution in [2.75, 3.05) is 33.8 Å². The van der Waals surface area contributed by atoms with Crippen molar-refractivity contribution in [1.82, 2.24) is 15.5 Å². The summed E-state index contributed by atoms with van der Waals surface area (Å²) in [5.74, 6) is 1.77. The number of ether oxygens (including phenoxy) is 1. The van der Waals surface area contributed by atoms with Gasteiger partial charge in [-0.1, -0.05) is 12.1 Å². The molecular formula is C18H33IN4O. The first-order chi connectivity index (χ1) is 11.0. The van der Waals surface area contributed by atoms with Crippen molar-refractivity contribution in [2.24, 2.45) is 4.99 Å². The van der Waals surface area contributed by atoms with Crippen molar-refractivity contribution in [2.45, 2.75) is 39.8 Å². The number of benzene rings is 1. The molecule has 1 aromatic carbocycles. The van der Waals surface area contributed by atoms with E-state index in [2.05, 4.69) is 67.5 Å². The minimum Gasteiger partial charge on any atom is -0.494 e. The Hall–Kier alpha value is -1.02. The summed E-state index contributed by atoms with van der Waals surface area (Å²) < 4.78 is 5.74. The van der Waals surface area contributed by atoms with Gasteiger partial charge in [0.2, 0.25) is 0 Å². The van der Waals surface area contributed by atoms with E-state index in [1.807, 2.05) is 12.1 Å². The first-order valence-electron chi connectivity index (χ1n) is 8.42. The van der Waals surface area contributed by atoms with E-state index in [1.165, 1.54) is 5.56 Å². The van der Waals surface area contributed by atoms with Gasteiger partial charge in [0.15, 0.2) is 5.96 Å². The van der Waals surface area contributed by atoms with Crippen molar-refractivity contribution in [3.05, 3.63) is 29.8 Å². The lowest BCUT2D eigenvalue weighted by molar-refractivity contribution is 0.281.